The Hall–Kier alpha value is -2.56. The standard InChI is InChI=1S/C16H18N2O3.C2H6/c1-11-9-10-14-15(16(11)19-2)18(21-4)13-8-6-5-7-12(13)17(14)20-3;1-2/h5-10H,1-4H3;1-2H3/q+2;. The molecule has 0 unspecified atom stereocenters. The van der Waals surface area contributed by atoms with E-state index >= 15 is 0 Å². The van der Waals surface area contributed by atoms with Crippen LogP contribution in [0.3, 0.4) is 0 Å². The zero-order valence-electron chi connectivity index (χ0n) is 14.6. The van der Waals surface area contributed by atoms with Gasteiger partial charge in [0, 0.05) is 27.7 Å². The van der Waals surface area contributed by atoms with Crippen molar-refractivity contribution in [3.63, 3.8) is 0 Å². The van der Waals surface area contributed by atoms with Gasteiger partial charge >= 0.3 is 22.1 Å². The van der Waals surface area contributed by atoms with Crippen molar-refractivity contribution in [2.75, 3.05) is 21.3 Å². The highest BCUT2D eigenvalue weighted by Gasteiger charge is 2.33. The molecule has 23 heavy (non-hydrogen) atoms. The van der Waals surface area contributed by atoms with Crippen LogP contribution < -0.4 is 23.9 Å². The van der Waals surface area contributed by atoms with E-state index in [1.54, 1.807) is 30.8 Å². The minimum Gasteiger partial charge on any atom is -0.490 e. The zero-order valence-corrected chi connectivity index (χ0v) is 14.6. The maximum atomic E-state index is 5.61. The molecule has 0 N–H and O–H groups in total. The molecule has 122 valence electrons. The van der Waals surface area contributed by atoms with E-state index in [0.29, 0.717) is 0 Å². The lowest BCUT2D eigenvalue weighted by molar-refractivity contribution is -0.875. The molecule has 3 rings (SSSR count). The van der Waals surface area contributed by atoms with Crippen molar-refractivity contribution in [3.8, 4) is 5.75 Å². The third kappa shape index (κ3) is 2.63. The highest BCUT2D eigenvalue weighted by Crippen LogP contribution is 2.26. The van der Waals surface area contributed by atoms with Crippen molar-refractivity contribution < 1.29 is 23.9 Å². The first kappa shape index (κ1) is 16.8. The number of hydrogen-bond acceptors (Lipinski definition) is 3. The lowest BCUT2D eigenvalue weighted by atomic mass is 10.1. The van der Waals surface area contributed by atoms with Gasteiger partial charge in [0.2, 0.25) is 5.75 Å². The molecular weight excluding hydrogens is 292 g/mol. The molecule has 1 heterocycles. The summed E-state index contributed by atoms with van der Waals surface area (Å²) in [5, 5.41) is 0. The fourth-order valence-electron chi connectivity index (χ4n) is 2.72. The van der Waals surface area contributed by atoms with Gasteiger partial charge in [0.05, 0.1) is 7.11 Å². The van der Waals surface area contributed by atoms with Crippen molar-refractivity contribution in [2.45, 2.75) is 20.8 Å². The number of para-hydroxylation sites is 2. The van der Waals surface area contributed by atoms with Gasteiger partial charge in [-0.15, -0.1) is 0 Å². The van der Waals surface area contributed by atoms with Crippen LogP contribution >= 0.6 is 0 Å². The predicted molar refractivity (Wildman–Crippen MR) is 89.5 cm³/mol. The summed E-state index contributed by atoms with van der Waals surface area (Å²) >= 11 is 0. The van der Waals surface area contributed by atoms with Crippen LogP contribution in [0.15, 0.2) is 36.4 Å². The van der Waals surface area contributed by atoms with E-state index in [1.807, 2.05) is 57.2 Å². The molecule has 1 aromatic heterocycles. The molecule has 0 amide bonds. The average Bonchev–Trinajstić information content (AvgIpc) is 2.61. The van der Waals surface area contributed by atoms with Gasteiger partial charge in [0.15, 0.2) is 0 Å². The monoisotopic (exact) mass is 316 g/mol. The van der Waals surface area contributed by atoms with Crippen molar-refractivity contribution in [2.24, 2.45) is 0 Å². The zero-order chi connectivity index (χ0) is 17.0. The van der Waals surface area contributed by atoms with Crippen LogP contribution in [0.5, 0.6) is 5.75 Å². The third-order valence-electron chi connectivity index (χ3n) is 3.62. The highest BCUT2D eigenvalue weighted by molar-refractivity contribution is 5.81. The predicted octanol–water partition coefficient (Wildman–Crippen LogP) is 2.03. The van der Waals surface area contributed by atoms with Gasteiger partial charge in [0.1, 0.15) is 14.2 Å². The molecule has 3 aromatic rings. The molecule has 0 radical (unpaired) electrons. The Balaban J connectivity index is 0.000000924. The van der Waals surface area contributed by atoms with E-state index in [0.717, 1.165) is 33.4 Å². The number of benzene rings is 2. The molecule has 0 bridgehead atoms. The number of methoxy groups -OCH3 is 1. The smallest absolute Gasteiger partial charge is 0.375 e. The lowest BCUT2D eigenvalue weighted by Crippen LogP contribution is -2.51. The maximum absolute atomic E-state index is 5.61. The van der Waals surface area contributed by atoms with Gasteiger partial charge in [-0.05, 0) is 18.6 Å². The van der Waals surface area contributed by atoms with Crippen LogP contribution in [0.2, 0.25) is 0 Å². The Morgan fingerprint density at radius 3 is 1.83 bits per heavy atom. The van der Waals surface area contributed by atoms with Crippen LogP contribution in [0.1, 0.15) is 19.4 Å². The molecule has 0 aliphatic heterocycles. The molecule has 0 fully saturated rings. The van der Waals surface area contributed by atoms with Gasteiger partial charge in [-0.2, -0.15) is 0 Å². The topological polar surface area (TPSA) is 35.5 Å². The van der Waals surface area contributed by atoms with E-state index < -0.39 is 0 Å². The van der Waals surface area contributed by atoms with E-state index in [4.69, 9.17) is 14.4 Å². The summed E-state index contributed by atoms with van der Waals surface area (Å²) in [5.74, 6) is 0.769. The Morgan fingerprint density at radius 2 is 1.30 bits per heavy atom. The van der Waals surface area contributed by atoms with E-state index in [2.05, 4.69) is 0 Å². The Bertz CT molecular complexity index is 831. The number of aryl methyl sites for hydroxylation is 1. The van der Waals surface area contributed by atoms with Gasteiger partial charge in [0.25, 0.3) is 0 Å². The molecule has 2 aromatic carbocycles. The van der Waals surface area contributed by atoms with E-state index in [1.165, 1.54) is 0 Å². The van der Waals surface area contributed by atoms with Crippen molar-refractivity contribution in [1.82, 2.24) is 0 Å². The van der Waals surface area contributed by atoms with E-state index in [-0.39, 0.29) is 0 Å². The molecule has 0 aliphatic carbocycles. The molecular formula is C18H24N2O3+2. The van der Waals surface area contributed by atoms with Crippen LogP contribution in [0.4, 0.5) is 0 Å². The molecule has 0 aliphatic rings. The van der Waals surface area contributed by atoms with Gasteiger partial charge in [-0.25, -0.2) is 0 Å². The Kier molecular flexibility index (Phi) is 5.21. The van der Waals surface area contributed by atoms with E-state index in [9.17, 15) is 0 Å². The second-order valence-electron chi connectivity index (χ2n) is 4.73. The first-order valence-corrected chi connectivity index (χ1v) is 7.68. The van der Waals surface area contributed by atoms with Crippen LogP contribution in [-0.4, -0.2) is 21.3 Å². The summed E-state index contributed by atoms with van der Waals surface area (Å²) < 4.78 is 9.13. The molecule has 0 saturated heterocycles. The fraction of sp³-hybridized carbons (Fsp3) is 0.333. The number of rotatable bonds is 3. The molecule has 0 atom stereocenters. The maximum Gasteiger partial charge on any atom is 0.375 e. The van der Waals surface area contributed by atoms with Crippen LogP contribution in [0, 0.1) is 6.92 Å². The Labute approximate surface area is 136 Å². The Morgan fingerprint density at radius 1 is 0.739 bits per heavy atom. The second-order valence-corrected chi connectivity index (χ2v) is 4.73. The summed E-state index contributed by atoms with van der Waals surface area (Å²) in [6.07, 6.45) is 0. The second kappa shape index (κ2) is 7.13. The first-order valence-electron chi connectivity index (χ1n) is 7.68. The first-order chi connectivity index (χ1) is 11.2. The summed E-state index contributed by atoms with van der Waals surface area (Å²) in [7, 11) is 4.95. The summed E-state index contributed by atoms with van der Waals surface area (Å²) in [5.41, 5.74) is 4.56. The summed E-state index contributed by atoms with van der Waals surface area (Å²) in [6.45, 7) is 6.00. The van der Waals surface area contributed by atoms with Crippen LogP contribution in [0.25, 0.3) is 22.1 Å². The SMILES string of the molecule is CC.COc1c(C)ccc2c1[n+](OC)c1ccccc1[n+]2OC. The largest absolute Gasteiger partial charge is 0.490 e. The minimum atomic E-state index is 0.769. The van der Waals surface area contributed by atoms with Crippen molar-refractivity contribution >= 4 is 22.1 Å². The number of fused-ring (bicyclic) bond motifs is 2. The van der Waals surface area contributed by atoms with Gasteiger partial charge < -0.3 is 4.74 Å². The van der Waals surface area contributed by atoms with Crippen molar-refractivity contribution in [1.29, 1.82) is 0 Å². The minimum absolute atomic E-state index is 0.769. The highest BCUT2D eigenvalue weighted by atomic mass is 16.7. The fourth-order valence-corrected chi connectivity index (χ4v) is 2.72. The molecule has 0 spiro atoms. The van der Waals surface area contributed by atoms with Crippen molar-refractivity contribution in [3.05, 3.63) is 42.0 Å². The number of ether oxygens (including phenoxy) is 1. The summed E-state index contributed by atoms with van der Waals surface area (Å²) in [6, 6.07) is 11.9. The lowest BCUT2D eigenvalue weighted by Gasteiger charge is -2.06. The van der Waals surface area contributed by atoms with Gasteiger partial charge in [-0.3, -0.25) is 9.68 Å². The van der Waals surface area contributed by atoms with Crippen LogP contribution in [-0.2, 0) is 0 Å². The normalized spacial score (nSPS) is 10.2. The number of aromatic nitrogens is 2. The van der Waals surface area contributed by atoms with Gasteiger partial charge in [-0.1, -0.05) is 26.0 Å². The average molecular weight is 316 g/mol. The number of hydrogen-bond donors (Lipinski definition) is 0. The molecule has 5 nitrogen and oxygen atoms in total. The third-order valence-corrected chi connectivity index (χ3v) is 3.62. The molecule has 0 saturated carbocycles. The number of nitrogens with zero attached hydrogens (tertiary/aromatic N) is 2. The summed E-state index contributed by atoms with van der Waals surface area (Å²) in [4.78, 5) is 11.2. The molecule has 5 heteroatoms. The quantitative estimate of drug-likeness (QED) is 0.548.